The maximum atomic E-state index is 5.78. The maximum Gasteiger partial charge on any atom is 0.0915 e. The van der Waals surface area contributed by atoms with E-state index >= 15 is 0 Å². The molecule has 0 aromatic rings. The first kappa shape index (κ1) is 21.0. The molecular weight excluding hydrogens is 282 g/mol. The van der Waals surface area contributed by atoms with E-state index in [1.165, 1.54) is 96.3 Å². The van der Waals surface area contributed by atoms with Gasteiger partial charge in [0.05, 0.1) is 12.6 Å². The fourth-order valence-electron chi connectivity index (χ4n) is 3.63. The van der Waals surface area contributed by atoms with Gasteiger partial charge in [-0.05, 0) is 19.8 Å². The predicted octanol–water partition coefficient (Wildman–Crippen LogP) is 6.88. The molecule has 138 valence electrons. The van der Waals surface area contributed by atoms with E-state index < -0.39 is 0 Å². The predicted molar refractivity (Wildman–Crippen MR) is 102 cm³/mol. The lowest BCUT2D eigenvalue weighted by atomic mass is 10.00. The van der Waals surface area contributed by atoms with Gasteiger partial charge in [-0.25, -0.2) is 0 Å². The van der Waals surface area contributed by atoms with E-state index in [2.05, 4.69) is 25.8 Å². The number of hydroxylamine groups is 2. The Morgan fingerprint density at radius 1 is 0.739 bits per heavy atom. The van der Waals surface area contributed by atoms with Crippen molar-refractivity contribution in [2.45, 2.75) is 129 Å². The van der Waals surface area contributed by atoms with Crippen LogP contribution in [0.5, 0.6) is 0 Å². The lowest BCUT2D eigenvalue weighted by Crippen LogP contribution is -2.52. The minimum atomic E-state index is 0.455. The molecule has 0 aromatic heterocycles. The summed E-state index contributed by atoms with van der Waals surface area (Å²) in [4.78, 5) is 5.78. The highest BCUT2D eigenvalue weighted by Crippen LogP contribution is 2.24. The molecule has 1 saturated heterocycles. The molecule has 0 amide bonds. The molecule has 1 aliphatic heterocycles. The van der Waals surface area contributed by atoms with Crippen LogP contribution in [0.2, 0.25) is 0 Å². The fourth-order valence-corrected chi connectivity index (χ4v) is 3.63. The Morgan fingerprint density at radius 3 is 1.65 bits per heavy atom. The summed E-state index contributed by atoms with van der Waals surface area (Å²) in [5.74, 6) is 0. The monoisotopic (exact) mass is 325 g/mol. The van der Waals surface area contributed by atoms with Crippen LogP contribution in [0.1, 0.15) is 117 Å². The zero-order chi connectivity index (χ0) is 16.8. The number of rotatable bonds is 16. The third-order valence-electron chi connectivity index (χ3n) is 5.19. The molecule has 2 atom stereocenters. The number of hydrogen-bond donors (Lipinski definition) is 0. The van der Waals surface area contributed by atoms with Crippen molar-refractivity contribution >= 4 is 0 Å². The Labute approximate surface area is 146 Å². The molecule has 2 nitrogen and oxygen atoms in total. The van der Waals surface area contributed by atoms with E-state index in [1.807, 2.05) is 0 Å². The number of unbranched alkanes of at least 4 members (excludes halogenated alkanes) is 11. The molecule has 0 radical (unpaired) electrons. The summed E-state index contributed by atoms with van der Waals surface area (Å²) in [5.41, 5.74) is 0. The summed E-state index contributed by atoms with van der Waals surface area (Å²) in [6.07, 6.45) is 21.5. The third-order valence-corrected chi connectivity index (χ3v) is 5.19. The van der Waals surface area contributed by atoms with Crippen LogP contribution >= 0.6 is 0 Å². The van der Waals surface area contributed by atoms with Crippen molar-refractivity contribution in [2.75, 3.05) is 6.54 Å². The average molecular weight is 326 g/mol. The van der Waals surface area contributed by atoms with Crippen molar-refractivity contribution in [1.82, 2.24) is 5.06 Å². The molecule has 23 heavy (non-hydrogen) atoms. The number of hydrogen-bond acceptors (Lipinski definition) is 2. The highest BCUT2D eigenvalue weighted by molar-refractivity contribution is 4.74. The van der Waals surface area contributed by atoms with E-state index in [0.29, 0.717) is 12.1 Å². The van der Waals surface area contributed by atoms with Crippen LogP contribution in [-0.4, -0.2) is 23.8 Å². The lowest BCUT2D eigenvalue weighted by Gasteiger charge is -2.42. The molecule has 2 heteroatoms. The first-order chi connectivity index (χ1) is 11.3. The van der Waals surface area contributed by atoms with E-state index in [4.69, 9.17) is 4.84 Å². The zero-order valence-corrected chi connectivity index (χ0v) is 16.3. The third kappa shape index (κ3) is 10.4. The van der Waals surface area contributed by atoms with Crippen LogP contribution < -0.4 is 0 Å². The zero-order valence-electron chi connectivity index (χ0n) is 16.3. The van der Waals surface area contributed by atoms with Crippen molar-refractivity contribution in [3.8, 4) is 0 Å². The standard InChI is InChI=1S/C21H43NO/c1-4-6-8-9-10-11-12-13-14-15-16-18-21(17-7-5-2)22-19-20(3)23-22/h20-21H,4-19H2,1-3H3. The molecule has 2 unspecified atom stereocenters. The maximum absolute atomic E-state index is 5.78. The van der Waals surface area contributed by atoms with Gasteiger partial charge in [0.2, 0.25) is 0 Å². The van der Waals surface area contributed by atoms with Gasteiger partial charge in [0.15, 0.2) is 0 Å². The highest BCUT2D eigenvalue weighted by atomic mass is 16.7. The molecule has 1 rings (SSSR count). The van der Waals surface area contributed by atoms with Gasteiger partial charge in [-0.15, -0.1) is 0 Å². The Hall–Kier alpha value is -0.0800. The molecule has 1 heterocycles. The van der Waals surface area contributed by atoms with Gasteiger partial charge >= 0.3 is 0 Å². The second kappa shape index (κ2) is 14.3. The SMILES string of the molecule is CCCCCCCCCCCCCC(CCCC)N1CC(C)O1. The quantitative estimate of drug-likeness (QED) is 0.287. The van der Waals surface area contributed by atoms with Gasteiger partial charge in [0, 0.05) is 6.04 Å². The summed E-state index contributed by atoms with van der Waals surface area (Å²) in [7, 11) is 0. The molecule has 0 bridgehead atoms. The molecule has 0 spiro atoms. The van der Waals surface area contributed by atoms with Crippen molar-refractivity contribution in [1.29, 1.82) is 0 Å². The fraction of sp³-hybridized carbons (Fsp3) is 1.00. The normalized spacial score (nSPS) is 19.7. The Balaban J connectivity index is 1.91. The Kier molecular flexibility index (Phi) is 13.0. The van der Waals surface area contributed by atoms with Gasteiger partial charge in [0.1, 0.15) is 0 Å². The summed E-state index contributed by atoms with van der Waals surface area (Å²) < 4.78 is 0. The second-order valence-corrected chi connectivity index (χ2v) is 7.64. The largest absolute Gasteiger partial charge is 0.294 e. The van der Waals surface area contributed by atoms with Gasteiger partial charge in [-0.2, -0.15) is 5.06 Å². The number of nitrogens with zero attached hydrogens (tertiary/aromatic N) is 1. The molecule has 1 fully saturated rings. The van der Waals surface area contributed by atoms with Crippen molar-refractivity contribution in [3.05, 3.63) is 0 Å². The van der Waals surface area contributed by atoms with Gasteiger partial charge in [0.25, 0.3) is 0 Å². The van der Waals surface area contributed by atoms with Crippen molar-refractivity contribution < 1.29 is 4.84 Å². The van der Waals surface area contributed by atoms with Gasteiger partial charge in [-0.3, -0.25) is 4.84 Å². The van der Waals surface area contributed by atoms with Crippen LogP contribution in [0, 0.1) is 0 Å². The van der Waals surface area contributed by atoms with Gasteiger partial charge in [-0.1, -0.05) is 97.3 Å². The smallest absolute Gasteiger partial charge is 0.0915 e. The molecule has 0 N–H and O–H groups in total. The second-order valence-electron chi connectivity index (χ2n) is 7.64. The van der Waals surface area contributed by atoms with E-state index in [9.17, 15) is 0 Å². The molecule has 0 aliphatic carbocycles. The van der Waals surface area contributed by atoms with Crippen LogP contribution in [0.3, 0.4) is 0 Å². The Morgan fingerprint density at radius 2 is 1.17 bits per heavy atom. The van der Waals surface area contributed by atoms with E-state index in [-0.39, 0.29) is 0 Å². The first-order valence-corrected chi connectivity index (χ1v) is 10.7. The molecule has 0 aromatic carbocycles. The minimum Gasteiger partial charge on any atom is -0.294 e. The summed E-state index contributed by atoms with van der Waals surface area (Å²) >= 11 is 0. The van der Waals surface area contributed by atoms with Crippen molar-refractivity contribution in [3.63, 3.8) is 0 Å². The Bertz CT molecular complexity index is 250. The van der Waals surface area contributed by atoms with Crippen molar-refractivity contribution in [2.24, 2.45) is 0 Å². The van der Waals surface area contributed by atoms with Crippen LogP contribution in [0.4, 0.5) is 0 Å². The molecular formula is C21H43NO. The van der Waals surface area contributed by atoms with Crippen LogP contribution in [-0.2, 0) is 4.84 Å². The highest BCUT2D eigenvalue weighted by Gasteiger charge is 2.30. The summed E-state index contributed by atoms with van der Waals surface area (Å²) in [5, 5.41) is 2.26. The minimum absolute atomic E-state index is 0.455. The van der Waals surface area contributed by atoms with E-state index in [1.54, 1.807) is 0 Å². The average Bonchev–Trinajstić information content (AvgIpc) is 2.53. The molecule has 1 aliphatic rings. The summed E-state index contributed by atoms with van der Waals surface area (Å²) in [6, 6.07) is 0.685. The molecule has 0 saturated carbocycles. The summed E-state index contributed by atoms with van der Waals surface area (Å²) in [6.45, 7) is 7.91. The van der Waals surface area contributed by atoms with Crippen LogP contribution in [0.25, 0.3) is 0 Å². The topological polar surface area (TPSA) is 12.5 Å². The van der Waals surface area contributed by atoms with Gasteiger partial charge < -0.3 is 0 Å². The van der Waals surface area contributed by atoms with Crippen LogP contribution in [0.15, 0.2) is 0 Å². The van der Waals surface area contributed by atoms with E-state index in [0.717, 1.165) is 6.54 Å². The first-order valence-electron chi connectivity index (χ1n) is 10.7. The lowest BCUT2D eigenvalue weighted by molar-refractivity contribution is -0.312.